The molecule has 0 aliphatic carbocycles. The first-order valence-corrected chi connectivity index (χ1v) is 7.34. The topological polar surface area (TPSA) is 37.4 Å². The number of hydrogen-bond donors (Lipinski definition) is 0. The number of nitrogens with zero attached hydrogens (tertiary/aromatic N) is 1. The van der Waals surface area contributed by atoms with Crippen molar-refractivity contribution in [2.45, 2.75) is 53.5 Å². The number of imide groups is 1. The van der Waals surface area contributed by atoms with Crippen molar-refractivity contribution >= 4 is 11.8 Å². The lowest BCUT2D eigenvalue weighted by atomic mass is 9.81. The highest BCUT2D eigenvalue weighted by atomic mass is 16.2. The van der Waals surface area contributed by atoms with E-state index >= 15 is 0 Å². The molecule has 2 amide bonds. The van der Waals surface area contributed by atoms with Crippen molar-refractivity contribution < 1.29 is 9.59 Å². The summed E-state index contributed by atoms with van der Waals surface area (Å²) in [6.07, 6.45) is 1.83. The number of carbonyl (C=O) groups excluding carboxylic acids is 2. The zero-order valence-corrected chi connectivity index (χ0v) is 12.8. The van der Waals surface area contributed by atoms with Gasteiger partial charge in [0.2, 0.25) is 11.8 Å². The van der Waals surface area contributed by atoms with Gasteiger partial charge in [-0.1, -0.05) is 37.6 Å². The van der Waals surface area contributed by atoms with Gasteiger partial charge in [0.15, 0.2) is 0 Å². The van der Waals surface area contributed by atoms with E-state index in [0.717, 1.165) is 29.5 Å². The standard InChI is InChI=1S/C17H23NO2/c1-5-17(6-2)10-15(19)18(16(17)20)11-14-9-12(3)7-8-13(14)4/h7-9H,5-6,10-11H2,1-4H3. The molecule has 0 atom stereocenters. The summed E-state index contributed by atoms with van der Waals surface area (Å²) >= 11 is 0. The molecule has 0 spiro atoms. The second-order valence-electron chi connectivity index (χ2n) is 5.88. The highest BCUT2D eigenvalue weighted by molar-refractivity contribution is 6.05. The second kappa shape index (κ2) is 5.39. The van der Waals surface area contributed by atoms with Gasteiger partial charge in [-0.3, -0.25) is 14.5 Å². The lowest BCUT2D eigenvalue weighted by molar-refractivity contribution is -0.142. The molecule has 0 unspecified atom stereocenters. The Morgan fingerprint density at radius 3 is 2.35 bits per heavy atom. The Balaban J connectivity index is 2.28. The fourth-order valence-corrected chi connectivity index (χ4v) is 2.96. The molecule has 0 saturated carbocycles. The highest BCUT2D eigenvalue weighted by Crippen LogP contribution is 2.39. The van der Waals surface area contributed by atoms with Crippen LogP contribution >= 0.6 is 0 Å². The second-order valence-corrected chi connectivity index (χ2v) is 5.88. The van der Waals surface area contributed by atoms with Gasteiger partial charge in [-0.25, -0.2) is 0 Å². The van der Waals surface area contributed by atoms with Crippen molar-refractivity contribution in [1.82, 2.24) is 4.90 Å². The number of hydrogen-bond acceptors (Lipinski definition) is 2. The summed E-state index contributed by atoms with van der Waals surface area (Å²) in [7, 11) is 0. The maximum absolute atomic E-state index is 12.6. The van der Waals surface area contributed by atoms with E-state index in [1.165, 1.54) is 4.90 Å². The van der Waals surface area contributed by atoms with Crippen LogP contribution in [-0.4, -0.2) is 16.7 Å². The Kier molecular flexibility index (Phi) is 3.98. The largest absolute Gasteiger partial charge is 0.278 e. The number of aryl methyl sites for hydroxylation is 2. The van der Waals surface area contributed by atoms with Gasteiger partial charge in [0, 0.05) is 6.42 Å². The van der Waals surface area contributed by atoms with Crippen LogP contribution in [0.1, 0.15) is 49.8 Å². The number of rotatable bonds is 4. The van der Waals surface area contributed by atoms with Crippen LogP contribution in [0, 0.1) is 19.3 Å². The molecule has 0 N–H and O–H groups in total. The molecule has 0 aromatic heterocycles. The minimum absolute atomic E-state index is 0.00778. The van der Waals surface area contributed by atoms with Crippen LogP contribution < -0.4 is 0 Å². The lowest BCUT2D eigenvalue weighted by Gasteiger charge is -2.24. The van der Waals surface area contributed by atoms with Crippen LogP contribution in [0.2, 0.25) is 0 Å². The Labute approximate surface area is 121 Å². The van der Waals surface area contributed by atoms with Crippen LogP contribution in [0.25, 0.3) is 0 Å². The van der Waals surface area contributed by atoms with Crippen molar-refractivity contribution in [3.8, 4) is 0 Å². The summed E-state index contributed by atoms with van der Waals surface area (Å²) < 4.78 is 0. The normalized spacial score (nSPS) is 17.9. The van der Waals surface area contributed by atoms with E-state index in [-0.39, 0.29) is 11.8 Å². The first-order chi connectivity index (χ1) is 9.43. The van der Waals surface area contributed by atoms with Gasteiger partial charge in [0.1, 0.15) is 0 Å². The summed E-state index contributed by atoms with van der Waals surface area (Å²) in [6.45, 7) is 8.45. The third kappa shape index (κ3) is 2.37. The zero-order chi connectivity index (χ0) is 14.9. The van der Waals surface area contributed by atoms with Crippen LogP contribution in [-0.2, 0) is 16.1 Å². The molecule has 108 valence electrons. The third-order valence-electron chi connectivity index (χ3n) is 4.68. The quantitative estimate of drug-likeness (QED) is 0.789. The maximum atomic E-state index is 12.6. The van der Waals surface area contributed by atoms with Crippen LogP contribution in [0.4, 0.5) is 0 Å². The van der Waals surface area contributed by atoms with Crippen molar-refractivity contribution in [1.29, 1.82) is 0 Å². The van der Waals surface area contributed by atoms with Crippen LogP contribution in [0.3, 0.4) is 0 Å². The molecule has 1 aliphatic heterocycles. The Morgan fingerprint density at radius 1 is 1.15 bits per heavy atom. The lowest BCUT2D eigenvalue weighted by Crippen LogP contribution is -2.34. The van der Waals surface area contributed by atoms with Gasteiger partial charge in [-0.15, -0.1) is 0 Å². The Hall–Kier alpha value is -1.64. The molecule has 20 heavy (non-hydrogen) atoms. The molecule has 1 fully saturated rings. The van der Waals surface area contributed by atoms with E-state index in [1.54, 1.807) is 0 Å². The van der Waals surface area contributed by atoms with Crippen molar-refractivity contribution in [3.05, 3.63) is 34.9 Å². The molecule has 0 bridgehead atoms. The van der Waals surface area contributed by atoms with E-state index in [2.05, 4.69) is 12.1 Å². The maximum Gasteiger partial charge on any atom is 0.236 e. The zero-order valence-electron chi connectivity index (χ0n) is 12.8. The number of carbonyl (C=O) groups is 2. The average Bonchev–Trinajstić information content (AvgIpc) is 2.67. The van der Waals surface area contributed by atoms with E-state index in [0.29, 0.717) is 13.0 Å². The van der Waals surface area contributed by atoms with E-state index in [9.17, 15) is 9.59 Å². The third-order valence-corrected chi connectivity index (χ3v) is 4.68. The summed E-state index contributed by atoms with van der Waals surface area (Å²) in [5, 5.41) is 0. The summed E-state index contributed by atoms with van der Waals surface area (Å²) in [5.41, 5.74) is 2.88. The minimum Gasteiger partial charge on any atom is -0.278 e. The predicted octanol–water partition coefficient (Wildman–Crippen LogP) is 3.37. The van der Waals surface area contributed by atoms with Crippen LogP contribution in [0.15, 0.2) is 18.2 Å². The fraction of sp³-hybridized carbons (Fsp3) is 0.529. The molecule has 2 rings (SSSR count). The fourth-order valence-electron chi connectivity index (χ4n) is 2.96. The monoisotopic (exact) mass is 273 g/mol. The number of benzene rings is 1. The first-order valence-electron chi connectivity index (χ1n) is 7.34. The molecular weight excluding hydrogens is 250 g/mol. The molecular formula is C17H23NO2. The Bertz CT molecular complexity index is 544. The molecule has 1 aromatic carbocycles. The van der Waals surface area contributed by atoms with Crippen molar-refractivity contribution in [3.63, 3.8) is 0 Å². The number of amides is 2. The summed E-state index contributed by atoms with van der Waals surface area (Å²) in [6, 6.07) is 6.16. The molecule has 3 nitrogen and oxygen atoms in total. The minimum atomic E-state index is -0.463. The van der Waals surface area contributed by atoms with Crippen molar-refractivity contribution in [2.24, 2.45) is 5.41 Å². The first kappa shape index (κ1) is 14.8. The molecule has 3 heteroatoms. The smallest absolute Gasteiger partial charge is 0.236 e. The van der Waals surface area contributed by atoms with Gasteiger partial charge in [0.05, 0.1) is 12.0 Å². The summed E-state index contributed by atoms with van der Waals surface area (Å²) in [4.78, 5) is 26.3. The summed E-state index contributed by atoms with van der Waals surface area (Å²) in [5.74, 6) is -0.0204. The molecule has 1 saturated heterocycles. The Morgan fingerprint density at radius 2 is 1.80 bits per heavy atom. The van der Waals surface area contributed by atoms with Gasteiger partial charge in [-0.05, 0) is 37.8 Å². The molecule has 1 aliphatic rings. The average molecular weight is 273 g/mol. The van der Waals surface area contributed by atoms with E-state index < -0.39 is 5.41 Å². The predicted molar refractivity (Wildman–Crippen MR) is 79.1 cm³/mol. The highest BCUT2D eigenvalue weighted by Gasteiger charge is 2.48. The molecule has 1 heterocycles. The van der Waals surface area contributed by atoms with Crippen LogP contribution in [0.5, 0.6) is 0 Å². The number of likely N-dealkylation sites (tertiary alicyclic amines) is 1. The SMILES string of the molecule is CCC1(CC)CC(=O)N(Cc2cc(C)ccc2C)C1=O. The van der Waals surface area contributed by atoms with E-state index in [4.69, 9.17) is 0 Å². The van der Waals surface area contributed by atoms with Crippen molar-refractivity contribution in [2.75, 3.05) is 0 Å². The van der Waals surface area contributed by atoms with Gasteiger partial charge in [-0.2, -0.15) is 0 Å². The van der Waals surface area contributed by atoms with Gasteiger partial charge in [0.25, 0.3) is 0 Å². The van der Waals surface area contributed by atoms with Gasteiger partial charge >= 0.3 is 0 Å². The van der Waals surface area contributed by atoms with Gasteiger partial charge < -0.3 is 0 Å². The van der Waals surface area contributed by atoms with E-state index in [1.807, 2.05) is 33.8 Å². The molecule has 0 radical (unpaired) electrons. The molecule has 1 aromatic rings.